The van der Waals surface area contributed by atoms with E-state index in [2.05, 4.69) is 22.3 Å². The second-order valence-electron chi connectivity index (χ2n) is 5.54. The molecule has 0 saturated carbocycles. The van der Waals surface area contributed by atoms with Crippen molar-refractivity contribution in [2.24, 2.45) is 0 Å². The summed E-state index contributed by atoms with van der Waals surface area (Å²) in [5.41, 5.74) is 2.13. The van der Waals surface area contributed by atoms with Gasteiger partial charge in [0.05, 0.1) is 0 Å². The molecule has 0 spiro atoms. The van der Waals surface area contributed by atoms with Gasteiger partial charge >= 0.3 is 0 Å². The summed E-state index contributed by atoms with van der Waals surface area (Å²) < 4.78 is 11.4. The molecule has 0 aliphatic heterocycles. The van der Waals surface area contributed by atoms with E-state index in [9.17, 15) is 0 Å². The van der Waals surface area contributed by atoms with Crippen LogP contribution >= 0.6 is 0 Å². The summed E-state index contributed by atoms with van der Waals surface area (Å²) in [4.78, 5) is 0. The minimum Gasteiger partial charge on any atom is -0.457 e. The van der Waals surface area contributed by atoms with E-state index in [0.717, 1.165) is 29.6 Å². The number of aromatic nitrogens is 2. The second kappa shape index (κ2) is 6.54. The smallest absolute Gasteiger partial charge is 0.240 e. The van der Waals surface area contributed by atoms with Crippen LogP contribution in [0.3, 0.4) is 0 Å². The van der Waals surface area contributed by atoms with Crippen molar-refractivity contribution in [2.45, 2.75) is 12.8 Å². The predicted octanol–water partition coefficient (Wildman–Crippen LogP) is 4.77. The molecule has 24 heavy (non-hydrogen) atoms. The zero-order valence-electron chi connectivity index (χ0n) is 13.1. The van der Waals surface area contributed by atoms with Gasteiger partial charge in [-0.3, -0.25) is 0 Å². The highest BCUT2D eigenvalue weighted by atomic mass is 16.4. The summed E-state index contributed by atoms with van der Waals surface area (Å²) in [6.45, 7) is 0. The lowest BCUT2D eigenvalue weighted by Crippen LogP contribution is -1.90. The molecule has 2 heterocycles. The largest absolute Gasteiger partial charge is 0.457 e. The molecule has 0 aliphatic rings. The number of para-hydroxylation sites is 1. The van der Waals surface area contributed by atoms with Crippen LogP contribution in [0.2, 0.25) is 0 Å². The molecule has 0 amide bonds. The van der Waals surface area contributed by atoms with Crippen LogP contribution in [0.5, 0.6) is 0 Å². The molecular formula is C20H16N2O2. The molecule has 0 fully saturated rings. The van der Waals surface area contributed by atoms with E-state index in [1.54, 1.807) is 6.08 Å². The van der Waals surface area contributed by atoms with Gasteiger partial charge in [-0.25, -0.2) is 0 Å². The van der Waals surface area contributed by atoms with Crippen molar-refractivity contribution >= 4 is 23.1 Å². The number of hydrogen-bond donors (Lipinski definition) is 0. The van der Waals surface area contributed by atoms with Crippen LogP contribution in [0.25, 0.3) is 23.1 Å². The molecule has 0 unspecified atom stereocenters. The van der Waals surface area contributed by atoms with Gasteiger partial charge in [-0.05, 0) is 30.2 Å². The fourth-order valence-corrected chi connectivity index (χ4v) is 2.57. The standard InChI is InChI=1S/C20H16N2O2/c1-2-6-15(7-3-1)10-12-19-21-22-20(24-19)13-11-17-14-16-8-4-5-9-18(16)23-17/h1-9,11,13-14H,10,12H2. The van der Waals surface area contributed by atoms with Gasteiger partial charge in [0.2, 0.25) is 11.8 Å². The van der Waals surface area contributed by atoms with Crippen LogP contribution in [0.4, 0.5) is 0 Å². The summed E-state index contributed by atoms with van der Waals surface area (Å²) >= 11 is 0. The molecule has 2 aromatic carbocycles. The Balaban J connectivity index is 1.42. The monoisotopic (exact) mass is 316 g/mol. The fourth-order valence-electron chi connectivity index (χ4n) is 2.57. The SMILES string of the molecule is C(=Cc1nnc(CCc2ccccc2)o1)c1cc2ccccc2o1. The second-order valence-corrected chi connectivity index (χ2v) is 5.54. The Labute approximate surface area is 139 Å². The van der Waals surface area contributed by atoms with Gasteiger partial charge in [0.1, 0.15) is 11.3 Å². The van der Waals surface area contributed by atoms with E-state index >= 15 is 0 Å². The molecular weight excluding hydrogens is 300 g/mol. The van der Waals surface area contributed by atoms with Crippen molar-refractivity contribution in [3.05, 3.63) is 83.8 Å². The molecule has 0 radical (unpaired) electrons. The molecule has 4 heteroatoms. The number of aryl methyl sites for hydroxylation is 2. The summed E-state index contributed by atoms with van der Waals surface area (Å²) in [6.07, 6.45) is 5.23. The van der Waals surface area contributed by atoms with Gasteiger partial charge < -0.3 is 8.83 Å². The minimum absolute atomic E-state index is 0.485. The van der Waals surface area contributed by atoms with Crippen molar-refractivity contribution in [3.63, 3.8) is 0 Å². The van der Waals surface area contributed by atoms with Crippen molar-refractivity contribution in [1.29, 1.82) is 0 Å². The first-order valence-corrected chi connectivity index (χ1v) is 7.90. The van der Waals surface area contributed by atoms with Crippen LogP contribution in [0.15, 0.2) is 69.5 Å². The van der Waals surface area contributed by atoms with Gasteiger partial charge in [-0.1, -0.05) is 48.5 Å². The van der Waals surface area contributed by atoms with E-state index in [-0.39, 0.29) is 0 Å². The van der Waals surface area contributed by atoms with Gasteiger partial charge in [-0.2, -0.15) is 0 Å². The van der Waals surface area contributed by atoms with E-state index in [0.29, 0.717) is 11.8 Å². The zero-order valence-corrected chi connectivity index (χ0v) is 13.1. The number of rotatable bonds is 5. The first-order valence-electron chi connectivity index (χ1n) is 7.90. The van der Waals surface area contributed by atoms with Gasteiger partial charge in [-0.15, -0.1) is 10.2 Å². The van der Waals surface area contributed by atoms with Crippen molar-refractivity contribution in [1.82, 2.24) is 10.2 Å². The molecule has 0 N–H and O–H groups in total. The molecule has 2 aromatic heterocycles. The van der Waals surface area contributed by atoms with Gasteiger partial charge in [0.15, 0.2) is 0 Å². The first-order chi connectivity index (χ1) is 11.9. The highest BCUT2D eigenvalue weighted by molar-refractivity contribution is 5.81. The van der Waals surface area contributed by atoms with Crippen LogP contribution in [0, 0.1) is 0 Å². The highest BCUT2D eigenvalue weighted by Crippen LogP contribution is 2.20. The number of hydrogen-bond acceptors (Lipinski definition) is 4. The summed E-state index contributed by atoms with van der Waals surface area (Å²) in [7, 11) is 0. The molecule has 0 aliphatic carbocycles. The lowest BCUT2D eigenvalue weighted by molar-refractivity contribution is 0.484. The number of fused-ring (bicyclic) bond motifs is 1. The lowest BCUT2D eigenvalue weighted by Gasteiger charge is -1.96. The number of nitrogens with zero attached hydrogens (tertiary/aromatic N) is 2. The normalized spacial score (nSPS) is 11.5. The van der Waals surface area contributed by atoms with E-state index < -0.39 is 0 Å². The Morgan fingerprint density at radius 3 is 2.50 bits per heavy atom. The Morgan fingerprint density at radius 1 is 0.792 bits per heavy atom. The van der Waals surface area contributed by atoms with Crippen LogP contribution in [-0.2, 0) is 12.8 Å². The van der Waals surface area contributed by atoms with Crippen LogP contribution in [-0.4, -0.2) is 10.2 Å². The quantitative estimate of drug-likeness (QED) is 0.532. The van der Waals surface area contributed by atoms with Crippen molar-refractivity contribution in [2.75, 3.05) is 0 Å². The topological polar surface area (TPSA) is 52.1 Å². The average molecular weight is 316 g/mol. The fraction of sp³-hybridized carbons (Fsp3) is 0.100. The van der Waals surface area contributed by atoms with Gasteiger partial charge in [0, 0.05) is 17.9 Å². The lowest BCUT2D eigenvalue weighted by atomic mass is 10.1. The molecule has 4 rings (SSSR count). The third-order valence-electron chi connectivity index (χ3n) is 3.79. The maximum atomic E-state index is 5.73. The van der Waals surface area contributed by atoms with E-state index in [4.69, 9.17) is 8.83 Å². The minimum atomic E-state index is 0.485. The Hall–Kier alpha value is -3.14. The first kappa shape index (κ1) is 14.5. The molecule has 118 valence electrons. The predicted molar refractivity (Wildman–Crippen MR) is 93.3 cm³/mol. The Morgan fingerprint density at radius 2 is 1.62 bits per heavy atom. The maximum absolute atomic E-state index is 5.73. The van der Waals surface area contributed by atoms with Crippen LogP contribution < -0.4 is 0 Å². The Bertz CT molecular complexity index is 934. The molecule has 0 saturated heterocycles. The average Bonchev–Trinajstić information content (AvgIpc) is 3.25. The molecule has 4 aromatic rings. The molecule has 0 atom stereocenters. The third-order valence-corrected chi connectivity index (χ3v) is 3.79. The van der Waals surface area contributed by atoms with Crippen molar-refractivity contribution < 1.29 is 8.83 Å². The zero-order chi connectivity index (χ0) is 16.2. The Kier molecular flexibility index (Phi) is 3.94. The van der Waals surface area contributed by atoms with Crippen LogP contribution in [0.1, 0.15) is 23.1 Å². The number of furan rings is 1. The highest BCUT2D eigenvalue weighted by Gasteiger charge is 2.05. The van der Waals surface area contributed by atoms with E-state index in [1.165, 1.54) is 5.56 Å². The molecule has 0 bridgehead atoms. The van der Waals surface area contributed by atoms with Gasteiger partial charge in [0.25, 0.3) is 0 Å². The third kappa shape index (κ3) is 3.27. The summed E-state index contributed by atoms with van der Waals surface area (Å²) in [6, 6.07) is 20.2. The summed E-state index contributed by atoms with van der Waals surface area (Å²) in [5, 5.41) is 9.22. The molecule has 4 nitrogen and oxygen atoms in total. The maximum Gasteiger partial charge on any atom is 0.240 e. The number of benzene rings is 2. The van der Waals surface area contributed by atoms with Crippen molar-refractivity contribution in [3.8, 4) is 0 Å². The summed E-state index contributed by atoms with van der Waals surface area (Å²) in [5.74, 6) is 1.89. The van der Waals surface area contributed by atoms with E-state index in [1.807, 2.05) is 54.6 Å².